The summed E-state index contributed by atoms with van der Waals surface area (Å²) < 4.78 is 5.14. The van der Waals surface area contributed by atoms with Crippen molar-refractivity contribution in [1.29, 1.82) is 0 Å². The van der Waals surface area contributed by atoms with Crippen LogP contribution in [0.15, 0.2) is 24.3 Å². The summed E-state index contributed by atoms with van der Waals surface area (Å²) in [5, 5.41) is 3.46. The van der Waals surface area contributed by atoms with Gasteiger partial charge in [0.25, 0.3) is 0 Å². The van der Waals surface area contributed by atoms with E-state index in [2.05, 4.69) is 19.2 Å². The van der Waals surface area contributed by atoms with Gasteiger partial charge in [-0.15, -0.1) is 0 Å². The Balaban J connectivity index is 2.05. The Labute approximate surface area is 109 Å². The molecule has 98 valence electrons. The Bertz CT molecular complexity index is 413. The van der Waals surface area contributed by atoms with Gasteiger partial charge in [0, 0.05) is 24.4 Å². The highest BCUT2D eigenvalue weighted by Gasteiger charge is 2.31. The zero-order chi connectivity index (χ0) is 13.1. The molecule has 18 heavy (non-hydrogen) atoms. The molecule has 3 atom stereocenters. The number of nitrogens with one attached hydrogen (secondary N) is 1. The highest BCUT2D eigenvalue weighted by Crippen LogP contribution is 2.22. The molecule has 0 amide bonds. The van der Waals surface area contributed by atoms with Crippen molar-refractivity contribution in [2.75, 3.05) is 7.11 Å². The molecule has 0 bridgehead atoms. The second kappa shape index (κ2) is 5.53. The van der Waals surface area contributed by atoms with E-state index in [9.17, 15) is 4.79 Å². The van der Waals surface area contributed by atoms with Crippen LogP contribution in [0.3, 0.4) is 0 Å². The Morgan fingerprint density at radius 3 is 2.50 bits per heavy atom. The van der Waals surface area contributed by atoms with E-state index >= 15 is 0 Å². The van der Waals surface area contributed by atoms with Gasteiger partial charge in [-0.05, 0) is 38.0 Å². The molecule has 3 nitrogen and oxygen atoms in total. The van der Waals surface area contributed by atoms with Crippen molar-refractivity contribution in [3.63, 3.8) is 0 Å². The molecule has 0 saturated carbocycles. The minimum atomic E-state index is 0.0922. The molecule has 1 aliphatic rings. The number of carbonyl (C=O) groups excluding carboxylic acids is 1. The molecule has 1 heterocycles. The molecule has 1 fully saturated rings. The number of hydrogen-bond acceptors (Lipinski definition) is 3. The van der Waals surface area contributed by atoms with Gasteiger partial charge in [0.2, 0.25) is 0 Å². The summed E-state index contributed by atoms with van der Waals surface area (Å²) in [4.78, 5) is 12.1. The lowest BCUT2D eigenvalue weighted by molar-refractivity contribution is -0.126. The first kappa shape index (κ1) is 13.1. The van der Waals surface area contributed by atoms with Crippen LogP contribution in [0.25, 0.3) is 0 Å². The lowest BCUT2D eigenvalue weighted by Crippen LogP contribution is -2.50. The molecule has 1 N–H and O–H groups in total. The number of piperidine rings is 1. The van der Waals surface area contributed by atoms with Crippen LogP contribution in [0.4, 0.5) is 0 Å². The zero-order valence-electron chi connectivity index (χ0n) is 11.3. The first-order chi connectivity index (χ1) is 8.60. The second-order valence-electron chi connectivity index (χ2n) is 5.19. The standard InChI is InChI=1S/C15H21NO2/c1-10-8-15(17)14(11(2)16-10)9-12-4-6-13(18-3)7-5-12/h4-7,10-11,14,16H,8-9H2,1-3H3. The summed E-state index contributed by atoms with van der Waals surface area (Å²) in [6.07, 6.45) is 1.45. The molecular formula is C15H21NO2. The van der Waals surface area contributed by atoms with Gasteiger partial charge in [-0.1, -0.05) is 12.1 Å². The predicted molar refractivity (Wildman–Crippen MR) is 71.9 cm³/mol. The molecule has 0 spiro atoms. The lowest BCUT2D eigenvalue weighted by Gasteiger charge is -2.33. The number of ketones is 1. The first-order valence-electron chi connectivity index (χ1n) is 6.52. The van der Waals surface area contributed by atoms with Crippen molar-refractivity contribution in [3.05, 3.63) is 29.8 Å². The molecule has 1 aromatic rings. The topological polar surface area (TPSA) is 38.3 Å². The monoisotopic (exact) mass is 247 g/mol. The highest BCUT2D eigenvalue weighted by atomic mass is 16.5. The van der Waals surface area contributed by atoms with Gasteiger partial charge < -0.3 is 10.1 Å². The van der Waals surface area contributed by atoms with Crippen molar-refractivity contribution in [1.82, 2.24) is 5.32 Å². The molecule has 0 aliphatic carbocycles. The van der Waals surface area contributed by atoms with E-state index in [1.807, 2.05) is 24.3 Å². The molecule has 0 aromatic heterocycles. The summed E-state index contributed by atoms with van der Waals surface area (Å²) in [6.45, 7) is 4.17. The fourth-order valence-corrected chi connectivity index (χ4v) is 2.66. The van der Waals surface area contributed by atoms with Crippen LogP contribution in [0.5, 0.6) is 5.75 Å². The first-order valence-corrected chi connectivity index (χ1v) is 6.52. The third kappa shape index (κ3) is 2.91. The number of hydrogen-bond donors (Lipinski definition) is 1. The normalized spacial score (nSPS) is 28.2. The van der Waals surface area contributed by atoms with Crippen LogP contribution in [-0.4, -0.2) is 25.0 Å². The maximum Gasteiger partial charge on any atom is 0.139 e. The van der Waals surface area contributed by atoms with E-state index in [4.69, 9.17) is 4.74 Å². The Hall–Kier alpha value is -1.35. The van der Waals surface area contributed by atoms with E-state index in [1.165, 1.54) is 5.56 Å². The average molecular weight is 247 g/mol. The zero-order valence-corrected chi connectivity index (χ0v) is 11.3. The van der Waals surface area contributed by atoms with Crippen LogP contribution in [0.2, 0.25) is 0 Å². The van der Waals surface area contributed by atoms with Gasteiger partial charge in [-0.25, -0.2) is 0 Å². The quantitative estimate of drug-likeness (QED) is 0.890. The van der Waals surface area contributed by atoms with E-state index in [0.717, 1.165) is 12.2 Å². The molecule has 3 unspecified atom stereocenters. The number of Topliss-reactive ketones (excluding diaryl/α,β-unsaturated/α-hetero) is 1. The third-order valence-electron chi connectivity index (χ3n) is 3.69. The fraction of sp³-hybridized carbons (Fsp3) is 0.533. The number of ether oxygens (including phenoxy) is 1. The molecule has 1 saturated heterocycles. The number of benzene rings is 1. The summed E-state index contributed by atoms with van der Waals surface area (Å²) >= 11 is 0. The van der Waals surface area contributed by atoms with Gasteiger partial charge >= 0.3 is 0 Å². The largest absolute Gasteiger partial charge is 0.497 e. The van der Waals surface area contributed by atoms with Crippen molar-refractivity contribution in [2.45, 2.75) is 38.8 Å². The predicted octanol–water partition coefficient (Wildman–Crippen LogP) is 2.19. The average Bonchev–Trinajstić information content (AvgIpc) is 2.34. The summed E-state index contributed by atoms with van der Waals surface area (Å²) in [5.74, 6) is 1.33. The molecule has 3 heteroatoms. The number of rotatable bonds is 3. The van der Waals surface area contributed by atoms with E-state index in [0.29, 0.717) is 18.2 Å². The number of carbonyl (C=O) groups is 1. The molecule has 2 rings (SSSR count). The minimum absolute atomic E-state index is 0.0922. The van der Waals surface area contributed by atoms with Gasteiger partial charge in [-0.3, -0.25) is 4.79 Å². The smallest absolute Gasteiger partial charge is 0.139 e. The summed E-state index contributed by atoms with van der Waals surface area (Å²) in [6, 6.07) is 8.53. The van der Waals surface area contributed by atoms with Gasteiger partial charge in [0.1, 0.15) is 11.5 Å². The molecule has 1 aliphatic heterocycles. The maximum atomic E-state index is 12.1. The number of methoxy groups -OCH3 is 1. The Morgan fingerprint density at radius 1 is 1.28 bits per heavy atom. The molecular weight excluding hydrogens is 226 g/mol. The minimum Gasteiger partial charge on any atom is -0.497 e. The van der Waals surface area contributed by atoms with Crippen LogP contribution in [0, 0.1) is 5.92 Å². The molecule has 0 radical (unpaired) electrons. The lowest BCUT2D eigenvalue weighted by atomic mass is 9.83. The SMILES string of the molecule is COc1ccc(CC2C(=O)CC(C)NC2C)cc1. The highest BCUT2D eigenvalue weighted by molar-refractivity contribution is 5.83. The van der Waals surface area contributed by atoms with Crippen molar-refractivity contribution in [2.24, 2.45) is 5.92 Å². The van der Waals surface area contributed by atoms with Gasteiger partial charge in [-0.2, -0.15) is 0 Å². The Morgan fingerprint density at radius 2 is 1.94 bits per heavy atom. The van der Waals surface area contributed by atoms with Gasteiger partial charge in [0.05, 0.1) is 7.11 Å². The summed E-state index contributed by atoms with van der Waals surface area (Å²) in [7, 11) is 1.66. The molecule has 1 aromatic carbocycles. The van der Waals surface area contributed by atoms with Crippen molar-refractivity contribution in [3.8, 4) is 5.75 Å². The van der Waals surface area contributed by atoms with Crippen LogP contribution in [0.1, 0.15) is 25.8 Å². The fourth-order valence-electron chi connectivity index (χ4n) is 2.66. The van der Waals surface area contributed by atoms with Crippen LogP contribution >= 0.6 is 0 Å². The van der Waals surface area contributed by atoms with E-state index < -0.39 is 0 Å². The summed E-state index contributed by atoms with van der Waals surface area (Å²) in [5.41, 5.74) is 1.19. The van der Waals surface area contributed by atoms with Gasteiger partial charge in [0.15, 0.2) is 0 Å². The van der Waals surface area contributed by atoms with Crippen molar-refractivity contribution >= 4 is 5.78 Å². The van der Waals surface area contributed by atoms with Crippen LogP contribution in [-0.2, 0) is 11.2 Å². The third-order valence-corrected chi connectivity index (χ3v) is 3.69. The second-order valence-corrected chi connectivity index (χ2v) is 5.19. The van der Waals surface area contributed by atoms with Crippen LogP contribution < -0.4 is 10.1 Å². The van der Waals surface area contributed by atoms with E-state index in [1.54, 1.807) is 7.11 Å². The van der Waals surface area contributed by atoms with E-state index in [-0.39, 0.29) is 12.0 Å². The van der Waals surface area contributed by atoms with Crippen molar-refractivity contribution < 1.29 is 9.53 Å². The Kier molecular flexibility index (Phi) is 4.02. The maximum absolute atomic E-state index is 12.1.